The maximum Gasteiger partial charge on any atom is 0.328 e. The van der Waals surface area contributed by atoms with Crippen molar-refractivity contribution in [3.8, 4) is 5.75 Å². The van der Waals surface area contributed by atoms with Gasteiger partial charge in [0.2, 0.25) is 82.7 Å². The van der Waals surface area contributed by atoms with Gasteiger partial charge in [-0.3, -0.25) is 76.9 Å². The van der Waals surface area contributed by atoms with E-state index in [1.165, 1.54) is 45.4 Å². The molecule has 0 fully saturated rings. The molecule has 1 heterocycles. The van der Waals surface area contributed by atoms with E-state index in [9.17, 15) is 112 Å². The zero-order chi connectivity index (χ0) is 85.1. The van der Waals surface area contributed by atoms with Crippen molar-refractivity contribution in [2.24, 2.45) is 39.9 Å². The number of H-pyrrole nitrogens is 1. The summed E-state index contributed by atoms with van der Waals surface area (Å²) in [5.74, 6) is -19.4. The zero-order valence-corrected chi connectivity index (χ0v) is 64.6. The first-order valence-electron chi connectivity index (χ1n) is 36.2. The first-order valence-corrected chi connectivity index (χ1v) is 36.2. The maximum absolute atomic E-state index is 14.3. The number of hydrogen-bond donors (Lipinski definition) is 25. The predicted molar refractivity (Wildman–Crippen MR) is 398 cm³/mol. The van der Waals surface area contributed by atoms with Crippen molar-refractivity contribution in [2.45, 2.75) is 237 Å². The summed E-state index contributed by atoms with van der Waals surface area (Å²) in [4.78, 5) is 226. The number of aromatic nitrogens is 2. The number of phenolic OH excluding ortho intramolecular Hbond substituents is 1. The number of carboxylic acids is 2. The van der Waals surface area contributed by atoms with Crippen molar-refractivity contribution in [3.05, 3.63) is 48.0 Å². The quantitative estimate of drug-likeness (QED) is 0.0166. The van der Waals surface area contributed by atoms with Crippen LogP contribution in [0.15, 0.2) is 41.8 Å². The van der Waals surface area contributed by atoms with E-state index >= 15 is 0 Å². The molecule has 0 radical (unpaired) electrons. The molecule has 14 amide bonds. The van der Waals surface area contributed by atoms with E-state index in [0.717, 1.165) is 20.8 Å². The van der Waals surface area contributed by atoms with Gasteiger partial charge in [0, 0.05) is 24.9 Å². The highest BCUT2D eigenvalue weighted by Gasteiger charge is 2.39. The molecule has 0 saturated carbocycles. The Morgan fingerprint density at radius 3 is 1.35 bits per heavy atom. The summed E-state index contributed by atoms with van der Waals surface area (Å²) in [6.45, 7) is 14.9. The fourth-order valence-electron chi connectivity index (χ4n) is 10.6. The minimum absolute atomic E-state index is 0.00672. The van der Waals surface area contributed by atoms with Crippen molar-refractivity contribution in [1.82, 2.24) is 84.4 Å². The summed E-state index contributed by atoms with van der Waals surface area (Å²) >= 11 is 0. The normalized spacial score (nSPS) is 16.0. The minimum Gasteiger partial charge on any atom is -0.508 e. The number of carboxylic acid groups (broad SMARTS) is 2. The van der Waals surface area contributed by atoms with Crippen LogP contribution in [0.3, 0.4) is 0 Å². The second-order valence-corrected chi connectivity index (χ2v) is 28.0. The van der Waals surface area contributed by atoms with Crippen LogP contribution in [0.2, 0.25) is 0 Å². The fourth-order valence-corrected chi connectivity index (χ4v) is 10.6. The van der Waals surface area contributed by atoms with Gasteiger partial charge in [0.15, 0.2) is 12.0 Å². The van der Waals surface area contributed by atoms with Crippen LogP contribution in [0, 0.1) is 17.8 Å². The van der Waals surface area contributed by atoms with Crippen LogP contribution in [-0.4, -0.2) is 269 Å². The Bertz CT molecular complexity index is 3560. The van der Waals surface area contributed by atoms with Crippen molar-refractivity contribution in [2.75, 3.05) is 19.7 Å². The summed E-state index contributed by atoms with van der Waals surface area (Å²) in [5.41, 5.74) is 17.9. The van der Waals surface area contributed by atoms with E-state index in [0.29, 0.717) is 12.0 Å². The van der Waals surface area contributed by atoms with Crippen molar-refractivity contribution >= 4 is 101 Å². The smallest absolute Gasteiger partial charge is 0.328 e. The lowest BCUT2D eigenvalue weighted by atomic mass is 9.97. The van der Waals surface area contributed by atoms with Crippen LogP contribution in [0.1, 0.15) is 133 Å². The SMILES string of the molecule is CC[C@H](C)[C@H](NC(=O)[C@@H](N)Cc1ccc(O)cc1)C(=O)N[C@@H](C)C(=O)N[C@@H](CO)C(=O)N[C@@H](C)C(=O)N[C@@H](CCCN=C(N)N)C(=O)NCC(=O)N[C@@H](CC(=O)O)C(=O)N[C@@H](CC(C)C)C(=O)N[C@@H](C)C(=O)N[C@@H](Cc1cnc[nH]1)C(=O)N[C@@H](CC(C)C)C(=O)N[C@H](C(=O)N[C@H](C(=O)N[C@H](C(=O)O)[C@@H](C)O)[C@@H](C)O)[C@@H](C)O. The lowest BCUT2D eigenvalue weighted by Crippen LogP contribution is -2.63. The predicted octanol–water partition coefficient (Wildman–Crippen LogP) is -8.41. The molecule has 0 bridgehead atoms. The highest BCUT2D eigenvalue weighted by Crippen LogP contribution is 2.15. The van der Waals surface area contributed by atoms with E-state index in [1.807, 2.05) is 5.32 Å². The number of aromatic hydroxyl groups is 1. The Hall–Kier alpha value is -11.2. The number of phenols is 1. The van der Waals surface area contributed by atoms with E-state index in [1.54, 1.807) is 53.7 Å². The molecular formula is C69H112N20O23. The monoisotopic (exact) mass is 1590 g/mol. The molecule has 18 atom stereocenters. The average Bonchev–Trinajstić information content (AvgIpc) is 0.932. The lowest BCUT2D eigenvalue weighted by molar-refractivity contribution is -0.146. The number of carbonyl (C=O) groups excluding carboxylic acids is 14. The third-order valence-electron chi connectivity index (χ3n) is 17.1. The number of aliphatic hydroxyl groups is 4. The first kappa shape index (κ1) is 96.9. The van der Waals surface area contributed by atoms with E-state index < -0.39 is 229 Å². The number of nitrogens with zero attached hydrogens (tertiary/aromatic N) is 2. The molecular weight excluding hydrogens is 1480 g/mol. The molecule has 0 saturated heterocycles. The standard InChI is InChI=1S/C69H112N20O23/c1-13-32(6)51(86-58(101)42(70)23-39-16-18-41(94)19-17-39)65(108)79-35(9)57(100)85-48(28-90)64(107)78-33(7)55(98)81-43(15-14-20-74-69(71)72)59(102)75-27-49(95)80-47(25-50(96)97)62(105)83-44(21-30(2)3)60(103)77-34(8)56(99)82-46(24-40-26-73-29-76-40)61(104)84-45(22-31(4)5)63(106)87-52(36(10)91)66(109)88-53(37(11)92)67(110)89-54(38(12)93)68(111)112/h16-19,26,29-38,42-48,51-54,90-94H,13-15,20-25,27-28,70H2,1-12H3,(H,73,76)(H,75,102)(H,77,103)(H,78,107)(H,79,108)(H,80,95)(H,81,98)(H,82,99)(H,83,105)(H,84,104)(H,85,100)(H,86,101)(H,87,106)(H,88,109)(H,89,110)(H,96,97)(H,111,112)(H4,71,72,74)/t32-,33-,34-,35-,36+,37+,38+,42-,43-,44-,45-,46-,47-,48-,51-,52-,53-,54-/m0/s1. The molecule has 43 nitrogen and oxygen atoms in total. The van der Waals surface area contributed by atoms with Gasteiger partial charge in [-0.1, -0.05) is 60.1 Å². The number of imidazole rings is 1. The Labute approximate surface area is 646 Å². The number of benzene rings is 1. The number of nitrogens with one attached hydrogen (secondary N) is 15. The van der Waals surface area contributed by atoms with Gasteiger partial charge in [-0.2, -0.15) is 0 Å². The number of rotatable bonds is 49. The van der Waals surface area contributed by atoms with E-state index in [-0.39, 0.29) is 68.4 Å². The first-order chi connectivity index (χ1) is 52.3. The molecule has 0 aliphatic carbocycles. The largest absolute Gasteiger partial charge is 0.508 e. The van der Waals surface area contributed by atoms with Gasteiger partial charge in [-0.05, 0) is 109 Å². The number of carbonyl (C=O) groups is 16. The van der Waals surface area contributed by atoms with Gasteiger partial charge in [0.1, 0.15) is 78.3 Å². The van der Waals surface area contributed by atoms with Crippen LogP contribution in [0.4, 0.5) is 0 Å². The summed E-state index contributed by atoms with van der Waals surface area (Å²) < 4.78 is 0. The van der Waals surface area contributed by atoms with Crippen LogP contribution in [-0.2, 0) is 89.6 Å². The van der Waals surface area contributed by atoms with Crippen molar-refractivity contribution in [1.29, 1.82) is 0 Å². The molecule has 1 aromatic carbocycles. The molecule has 626 valence electrons. The van der Waals surface area contributed by atoms with Gasteiger partial charge < -0.3 is 132 Å². The molecule has 2 rings (SSSR count). The number of hydrogen-bond acceptors (Lipinski definition) is 24. The Morgan fingerprint density at radius 1 is 0.482 bits per heavy atom. The molecule has 1 aromatic heterocycles. The van der Waals surface area contributed by atoms with Crippen LogP contribution >= 0.6 is 0 Å². The maximum atomic E-state index is 14.3. The van der Waals surface area contributed by atoms with E-state index in [2.05, 4.69) is 84.1 Å². The molecule has 0 spiro atoms. The number of aliphatic carboxylic acids is 2. The molecule has 0 aliphatic rings. The molecule has 112 heavy (non-hydrogen) atoms. The number of aromatic amines is 1. The Morgan fingerprint density at radius 2 is 0.902 bits per heavy atom. The van der Waals surface area contributed by atoms with Crippen molar-refractivity contribution < 1.29 is 112 Å². The number of nitrogens with two attached hydrogens (primary N) is 3. The Kier molecular flexibility index (Phi) is 41.3. The second kappa shape index (κ2) is 47.8. The van der Waals surface area contributed by atoms with Crippen LogP contribution in [0.5, 0.6) is 5.75 Å². The number of guanidine groups is 1. The third kappa shape index (κ3) is 34.4. The van der Waals surface area contributed by atoms with Gasteiger partial charge in [0.05, 0.1) is 50.3 Å². The molecule has 2 aromatic rings. The molecule has 28 N–H and O–H groups in total. The highest BCUT2D eigenvalue weighted by molar-refractivity contribution is 6.00. The summed E-state index contributed by atoms with van der Waals surface area (Å²) in [7, 11) is 0. The Balaban J connectivity index is 2.25. The van der Waals surface area contributed by atoms with Gasteiger partial charge in [-0.25, -0.2) is 9.78 Å². The average molecular weight is 1590 g/mol. The second-order valence-electron chi connectivity index (χ2n) is 28.0. The molecule has 0 aliphatic heterocycles. The van der Waals surface area contributed by atoms with Crippen LogP contribution in [0.25, 0.3) is 0 Å². The number of amides is 14. The summed E-state index contributed by atoms with van der Waals surface area (Å²) in [5, 5.41) is 103. The summed E-state index contributed by atoms with van der Waals surface area (Å²) in [6.07, 6.45) is -3.88. The zero-order valence-electron chi connectivity index (χ0n) is 64.6. The fraction of sp³-hybridized carbons (Fsp3) is 0.623. The van der Waals surface area contributed by atoms with Crippen LogP contribution < -0.4 is 91.6 Å². The van der Waals surface area contributed by atoms with Gasteiger partial charge in [-0.15, -0.1) is 0 Å². The van der Waals surface area contributed by atoms with Gasteiger partial charge in [0.25, 0.3) is 0 Å². The minimum atomic E-state index is -1.94. The number of aliphatic hydroxyl groups excluding tert-OH is 4. The number of aliphatic imine (C=N–C) groups is 1. The third-order valence-corrected chi connectivity index (χ3v) is 17.1. The van der Waals surface area contributed by atoms with Gasteiger partial charge >= 0.3 is 11.9 Å². The van der Waals surface area contributed by atoms with Crippen molar-refractivity contribution in [3.63, 3.8) is 0 Å². The highest BCUT2D eigenvalue weighted by atomic mass is 16.4. The molecule has 43 heteroatoms. The molecule has 0 unspecified atom stereocenters. The topological polar surface area (TPSA) is 702 Å². The van der Waals surface area contributed by atoms with E-state index in [4.69, 9.17) is 17.2 Å². The lowest BCUT2D eigenvalue weighted by Gasteiger charge is -2.29. The summed E-state index contributed by atoms with van der Waals surface area (Å²) in [6, 6.07) is -16.1.